The summed E-state index contributed by atoms with van der Waals surface area (Å²) in [5.41, 5.74) is 1.02. The predicted molar refractivity (Wildman–Crippen MR) is 125 cm³/mol. The van der Waals surface area contributed by atoms with E-state index in [-0.39, 0.29) is 24.0 Å². The van der Waals surface area contributed by atoms with Crippen molar-refractivity contribution >= 4 is 47.2 Å². The third-order valence-corrected chi connectivity index (χ3v) is 5.10. The molecule has 0 atom stereocenters. The standard InChI is InChI=1S/C18H27ClN8O.HI/c1-14-23-24-17(25(14)2)13-22-18(21-6-11-28-3)27-9-7-26(8-10-27)16-4-5-20-12-15(16)19;/h4-5,12H,6-11,13H2,1-3H3,(H,21,22);1H. The lowest BCUT2D eigenvalue weighted by Crippen LogP contribution is -2.53. The van der Waals surface area contributed by atoms with Crippen LogP contribution in [0.5, 0.6) is 0 Å². The van der Waals surface area contributed by atoms with Gasteiger partial charge in [-0.3, -0.25) is 4.98 Å². The first kappa shape index (κ1) is 23.6. The molecule has 3 rings (SSSR count). The van der Waals surface area contributed by atoms with Gasteiger partial charge in [0.2, 0.25) is 0 Å². The van der Waals surface area contributed by atoms with Gasteiger partial charge < -0.3 is 24.4 Å². The zero-order valence-electron chi connectivity index (χ0n) is 17.0. The number of aromatic nitrogens is 4. The number of methoxy groups -OCH3 is 1. The topological polar surface area (TPSA) is 83.7 Å². The number of anilines is 1. The van der Waals surface area contributed by atoms with Crippen LogP contribution in [0.15, 0.2) is 23.5 Å². The number of rotatable bonds is 6. The molecule has 0 saturated carbocycles. The number of piperazine rings is 1. The Morgan fingerprint density at radius 3 is 2.66 bits per heavy atom. The molecule has 0 unspecified atom stereocenters. The molecule has 9 nitrogen and oxygen atoms in total. The summed E-state index contributed by atoms with van der Waals surface area (Å²) in [6, 6.07) is 1.96. The fourth-order valence-corrected chi connectivity index (χ4v) is 3.29. The lowest BCUT2D eigenvalue weighted by molar-refractivity contribution is 0.202. The summed E-state index contributed by atoms with van der Waals surface area (Å²) in [6.45, 7) is 7.13. The summed E-state index contributed by atoms with van der Waals surface area (Å²) >= 11 is 6.29. The Morgan fingerprint density at radius 1 is 1.28 bits per heavy atom. The Labute approximate surface area is 193 Å². The highest BCUT2D eigenvalue weighted by atomic mass is 127. The minimum Gasteiger partial charge on any atom is -0.383 e. The van der Waals surface area contributed by atoms with Crippen LogP contribution in [-0.2, 0) is 18.3 Å². The van der Waals surface area contributed by atoms with Crippen molar-refractivity contribution in [3.8, 4) is 0 Å². The first-order valence-corrected chi connectivity index (χ1v) is 9.69. The van der Waals surface area contributed by atoms with Crippen LogP contribution in [-0.4, -0.2) is 77.0 Å². The van der Waals surface area contributed by atoms with E-state index < -0.39 is 0 Å². The molecule has 1 N–H and O–H groups in total. The maximum Gasteiger partial charge on any atom is 0.194 e. The fourth-order valence-electron chi connectivity index (χ4n) is 3.05. The van der Waals surface area contributed by atoms with Gasteiger partial charge in [0.05, 0.1) is 17.3 Å². The van der Waals surface area contributed by atoms with Gasteiger partial charge in [-0.25, -0.2) is 4.99 Å². The second-order valence-corrected chi connectivity index (χ2v) is 6.99. The first-order valence-electron chi connectivity index (χ1n) is 9.31. The highest BCUT2D eigenvalue weighted by Crippen LogP contribution is 2.25. The van der Waals surface area contributed by atoms with E-state index in [0.29, 0.717) is 24.7 Å². The monoisotopic (exact) mass is 534 g/mol. The van der Waals surface area contributed by atoms with E-state index >= 15 is 0 Å². The van der Waals surface area contributed by atoms with Gasteiger partial charge in [0.1, 0.15) is 12.4 Å². The first-order chi connectivity index (χ1) is 13.6. The van der Waals surface area contributed by atoms with Crippen LogP contribution in [0.4, 0.5) is 5.69 Å². The minimum atomic E-state index is 0. The van der Waals surface area contributed by atoms with Crippen LogP contribution in [0.3, 0.4) is 0 Å². The summed E-state index contributed by atoms with van der Waals surface area (Å²) in [6.07, 6.45) is 3.46. The molecule has 0 aromatic carbocycles. The lowest BCUT2D eigenvalue weighted by atomic mass is 10.2. The van der Waals surface area contributed by atoms with E-state index in [9.17, 15) is 0 Å². The summed E-state index contributed by atoms with van der Waals surface area (Å²) in [7, 11) is 3.65. The van der Waals surface area contributed by atoms with Crippen molar-refractivity contribution in [3.05, 3.63) is 35.1 Å². The maximum absolute atomic E-state index is 6.29. The maximum atomic E-state index is 6.29. The van der Waals surface area contributed by atoms with Gasteiger partial charge >= 0.3 is 0 Å². The number of hydrogen-bond donors (Lipinski definition) is 1. The van der Waals surface area contributed by atoms with Crippen molar-refractivity contribution in [3.63, 3.8) is 0 Å². The Morgan fingerprint density at radius 2 is 2.03 bits per heavy atom. The Kier molecular flexibility index (Phi) is 9.37. The van der Waals surface area contributed by atoms with Gasteiger partial charge in [0, 0.05) is 59.3 Å². The Hall–Kier alpha value is -1.66. The molecule has 3 heterocycles. The van der Waals surface area contributed by atoms with Gasteiger partial charge in [0.25, 0.3) is 0 Å². The van der Waals surface area contributed by atoms with Crippen LogP contribution in [0, 0.1) is 6.92 Å². The van der Waals surface area contributed by atoms with Gasteiger partial charge in [-0.05, 0) is 13.0 Å². The molecule has 1 aliphatic heterocycles. The second kappa shape index (κ2) is 11.5. The van der Waals surface area contributed by atoms with Gasteiger partial charge in [-0.1, -0.05) is 11.6 Å². The zero-order chi connectivity index (χ0) is 19.9. The van der Waals surface area contributed by atoms with Crippen LogP contribution < -0.4 is 10.2 Å². The van der Waals surface area contributed by atoms with Crippen LogP contribution in [0.25, 0.3) is 0 Å². The molecule has 2 aromatic rings. The molecular weight excluding hydrogens is 507 g/mol. The van der Waals surface area contributed by atoms with E-state index in [0.717, 1.165) is 49.5 Å². The molecule has 1 aliphatic rings. The van der Waals surface area contributed by atoms with Crippen molar-refractivity contribution in [2.45, 2.75) is 13.5 Å². The summed E-state index contributed by atoms with van der Waals surface area (Å²) in [5, 5.41) is 12.4. The average molecular weight is 535 g/mol. The van der Waals surface area contributed by atoms with E-state index in [1.54, 1.807) is 19.5 Å². The number of halogens is 2. The Bertz CT molecular complexity index is 807. The van der Waals surface area contributed by atoms with Gasteiger partial charge in [-0.15, -0.1) is 34.2 Å². The molecule has 0 amide bonds. The molecule has 2 aromatic heterocycles. The van der Waals surface area contributed by atoms with Gasteiger partial charge in [-0.2, -0.15) is 0 Å². The molecule has 1 fully saturated rings. The normalized spacial score (nSPS) is 14.7. The van der Waals surface area contributed by atoms with Crippen molar-refractivity contribution in [2.75, 3.05) is 51.3 Å². The van der Waals surface area contributed by atoms with E-state index in [2.05, 4.69) is 30.3 Å². The van der Waals surface area contributed by atoms with E-state index in [1.165, 1.54) is 0 Å². The molecule has 0 spiro atoms. The molecule has 11 heteroatoms. The molecule has 160 valence electrons. The number of aliphatic imine (C=N–C) groups is 1. The number of nitrogens with zero attached hydrogens (tertiary/aromatic N) is 7. The number of aryl methyl sites for hydroxylation is 1. The summed E-state index contributed by atoms with van der Waals surface area (Å²) in [4.78, 5) is 13.4. The third-order valence-electron chi connectivity index (χ3n) is 4.81. The van der Waals surface area contributed by atoms with E-state index in [4.69, 9.17) is 21.3 Å². The van der Waals surface area contributed by atoms with Gasteiger partial charge in [0.15, 0.2) is 11.8 Å². The number of nitrogens with one attached hydrogen (secondary N) is 1. The highest BCUT2D eigenvalue weighted by molar-refractivity contribution is 14.0. The summed E-state index contributed by atoms with van der Waals surface area (Å²) < 4.78 is 7.12. The number of pyridine rings is 1. The average Bonchev–Trinajstić information content (AvgIpc) is 3.03. The SMILES string of the molecule is COCCNC(=NCc1nnc(C)n1C)N1CCN(c2ccncc2Cl)CC1.I. The zero-order valence-corrected chi connectivity index (χ0v) is 20.1. The van der Waals surface area contributed by atoms with Crippen LogP contribution in [0.2, 0.25) is 5.02 Å². The fraction of sp³-hybridized carbons (Fsp3) is 0.556. The minimum absolute atomic E-state index is 0. The third kappa shape index (κ3) is 6.16. The smallest absolute Gasteiger partial charge is 0.194 e. The largest absolute Gasteiger partial charge is 0.383 e. The van der Waals surface area contributed by atoms with E-state index in [1.807, 2.05) is 24.6 Å². The molecule has 0 bridgehead atoms. The number of hydrogen-bond acceptors (Lipinski definition) is 6. The molecule has 1 saturated heterocycles. The highest BCUT2D eigenvalue weighted by Gasteiger charge is 2.21. The molecule has 0 radical (unpaired) electrons. The molecular formula is C18H28ClIN8O. The molecule has 29 heavy (non-hydrogen) atoms. The van der Waals surface area contributed by atoms with Crippen molar-refractivity contribution in [2.24, 2.45) is 12.0 Å². The van der Waals surface area contributed by atoms with Crippen molar-refractivity contribution in [1.82, 2.24) is 30.0 Å². The summed E-state index contributed by atoms with van der Waals surface area (Å²) in [5.74, 6) is 2.57. The second-order valence-electron chi connectivity index (χ2n) is 6.58. The lowest BCUT2D eigenvalue weighted by Gasteiger charge is -2.38. The predicted octanol–water partition coefficient (Wildman–Crippen LogP) is 1.70. The van der Waals surface area contributed by atoms with Crippen molar-refractivity contribution < 1.29 is 4.74 Å². The quantitative estimate of drug-likeness (QED) is 0.261. The van der Waals surface area contributed by atoms with Crippen molar-refractivity contribution in [1.29, 1.82) is 0 Å². The van der Waals surface area contributed by atoms with Crippen LogP contribution >= 0.6 is 35.6 Å². The molecule has 0 aliphatic carbocycles. The Balaban J connectivity index is 0.00000300. The number of ether oxygens (including phenoxy) is 1. The van der Waals surface area contributed by atoms with Crippen LogP contribution in [0.1, 0.15) is 11.6 Å². The number of guanidine groups is 1.